The second-order valence-electron chi connectivity index (χ2n) is 7.35. The van der Waals surface area contributed by atoms with Gasteiger partial charge in [-0.2, -0.15) is 0 Å². The number of benzene rings is 2. The van der Waals surface area contributed by atoms with Gasteiger partial charge in [0.2, 0.25) is 5.91 Å². The molecule has 1 amide bonds. The number of nitrogens with zero attached hydrogens (tertiary/aromatic N) is 4. The molecule has 8 heteroatoms. The Morgan fingerprint density at radius 3 is 2.43 bits per heavy atom. The molecular formula is C22H25N4O4-. The van der Waals surface area contributed by atoms with Gasteiger partial charge >= 0.3 is 0 Å². The first-order chi connectivity index (χ1) is 14.4. The Morgan fingerprint density at radius 2 is 1.83 bits per heavy atom. The van der Waals surface area contributed by atoms with Crippen LogP contribution in [0.3, 0.4) is 0 Å². The van der Waals surface area contributed by atoms with E-state index in [0.717, 1.165) is 38.3 Å². The number of nitro benzene ring substituents is 1. The summed E-state index contributed by atoms with van der Waals surface area (Å²) in [6.07, 6.45) is 2.84. The topological polar surface area (TPSA) is 102 Å². The molecule has 0 aliphatic carbocycles. The molecule has 1 aliphatic heterocycles. The number of carbonyl (C=O) groups excluding carboxylic acids is 1. The van der Waals surface area contributed by atoms with Crippen LogP contribution >= 0.6 is 0 Å². The smallest absolute Gasteiger partial charge is 0.262 e. The molecule has 0 atom stereocenters. The van der Waals surface area contributed by atoms with E-state index >= 15 is 0 Å². The van der Waals surface area contributed by atoms with Gasteiger partial charge in [-0.05, 0) is 54.5 Å². The number of aryl methyl sites for hydroxylation is 1. The highest BCUT2D eigenvalue weighted by Crippen LogP contribution is 2.28. The predicted octanol–water partition coefficient (Wildman–Crippen LogP) is 3.18. The van der Waals surface area contributed by atoms with Gasteiger partial charge in [-0.3, -0.25) is 19.9 Å². The number of nitro groups is 1. The van der Waals surface area contributed by atoms with Crippen LogP contribution in [0, 0.1) is 17.0 Å². The predicted molar refractivity (Wildman–Crippen MR) is 115 cm³/mol. The second kappa shape index (κ2) is 9.39. The van der Waals surface area contributed by atoms with E-state index in [1.54, 1.807) is 13.0 Å². The highest BCUT2D eigenvalue weighted by Gasteiger charge is 2.20. The average Bonchev–Trinajstić information content (AvgIpc) is 2.74. The minimum Gasteiger partial charge on any atom is -0.867 e. The zero-order valence-electron chi connectivity index (χ0n) is 17.2. The first kappa shape index (κ1) is 21.3. The summed E-state index contributed by atoms with van der Waals surface area (Å²) in [7, 11) is 0. The van der Waals surface area contributed by atoms with Crippen molar-refractivity contribution in [3.63, 3.8) is 0 Å². The van der Waals surface area contributed by atoms with E-state index in [1.807, 2.05) is 36.1 Å². The molecular weight excluding hydrogens is 384 g/mol. The molecule has 30 heavy (non-hydrogen) atoms. The quantitative estimate of drug-likeness (QED) is 0.414. The summed E-state index contributed by atoms with van der Waals surface area (Å²) >= 11 is 0. The molecule has 0 N–H and O–H groups in total. The summed E-state index contributed by atoms with van der Waals surface area (Å²) in [5.41, 5.74) is 2.09. The highest BCUT2D eigenvalue weighted by atomic mass is 16.6. The van der Waals surface area contributed by atoms with Gasteiger partial charge in [0.15, 0.2) is 0 Å². The number of hydrogen-bond acceptors (Lipinski definition) is 6. The maximum atomic E-state index is 12.2. The van der Waals surface area contributed by atoms with E-state index in [9.17, 15) is 20.0 Å². The van der Waals surface area contributed by atoms with Crippen molar-refractivity contribution < 1.29 is 14.8 Å². The molecule has 3 rings (SSSR count). The van der Waals surface area contributed by atoms with Crippen LogP contribution in [-0.4, -0.2) is 48.1 Å². The zero-order valence-corrected chi connectivity index (χ0v) is 17.2. The van der Waals surface area contributed by atoms with Crippen molar-refractivity contribution in [1.82, 2.24) is 4.90 Å². The molecule has 1 heterocycles. The van der Waals surface area contributed by atoms with Crippen LogP contribution in [0.4, 0.5) is 17.1 Å². The normalized spacial score (nSPS) is 14.3. The first-order valence-corrected chi connectivity index (χ1v) is 10.0. The SMILES string of the molecule is CCCC(=O)N1CCN(c2ccc(N=Cc3cc(C)cc([N+](=O)[O-])c3[O-])cc2)CC1. The fourth-order valence-corrected chi connectivity index (χ4v) is 3.49. The lowest BCUT2D eigenvalue weighted by atomic mass is 10.1. The van der Waals surface area contributed by atoms with Gasteiger partial charge in [0, 0.05) is 50.6 Å². The minimum absolute atomic E-state index is 0.193. The third-order valence-corrected chi connectivity index (χ3v) is 5.10. The van der Waals surface area contributed by atoms with E-state index in [2.05, 4.69) is 9.89 Å². The Hall–Kier alpha value is -3.42. The lowest BCUT2D eigenvalue weighted by Crippen LogP contribution is -2.48. The van der Waals surface area contributed by atoms with Crippen LogP contribution in [0.2, 0.25) is 0 Å². The molecule has 0 saturated carbocycles. The van der Waals surface area contributed by atoms with Crippen LogP contribution in [0.5, 0.6) is 5.75 Å². The third-order valence-electron chi connectivity index (χ3n) is 5.10. The van der Waals surface area contributed by atoms with E-state index < -0.39 is 16.4 Å². The molecule has 158 valence electrons. The fourth-order valence-electron chi connectivity index (χ4n) is 3.49. The van der Waals surface area contributed by atoms with Crippen LogP contribution in [0.1, 0.15) is 30.9 Å². The highest BCUT2D eigenvalue weighted by molar-refractivity contribution is 5.87. The Bertz CT molecular complexity index is 948. The van der Waals surface area contributed by atoms with Crippen molar-refractivity contribution >= 4 is 29.2 Å². The number of amides is 1. The molecule has 0 radical (unpaired) electrons. The lowest BCUT2D eigenvalue weighted by Gasteiger charge is -2.36. The number of piperazine rings is 1. The second-order valence-corrected chi connectivity index (χ2v) is 7.35. The van der Waals surface area contributed by atoms with Gasteiger partial charge in [0.25, 0.3) is 5.69 Å². The number of carbonyl (C=O) groups is 1. The van der Waals surface area contributed by atoms with Crippen LogP contribution in [0.25, 0.3) is 0 Å². The van der Waals surface area contributed by atoms with Gasteiger partial charge in [0.1, 0.15) is 0 Å². The van der Waals surface area contributed by atoms with Gasteiger partial charge in [-0.25, -0.2) is 0 Å². The Kier molecular flexibility index (Phi) is 6.66. The maximum Gasteiger partial charge on any atom is 0.262 e. The number of anilines is 1. The van der Waals surface area contributed by atoms with Gasteiger partial charge in [-0.15, -0.1) is 0 Å². The summed E-state index contributed by atoms with van der Waals surface area (Å²) in [5, 5.41) is 23.2. The lowest BCUT2D eigenvalue weighted by molar-refractivity contribution is -0.398. The Balaban J connectivity index is 1.66. The van der Waals surface area contributed by atoms with Crippen LogP contribution in [-0.2, 0) is 4.79 Å². The Labute approximate surface area is 175 Å². The van der Waals surface area contributed by atoms with E-state index in [1.165, 1.54) is 12.3 Å². The number of hydrogen-bond donors (Lipinski definition) is 0. The summed E-state index contributed by atoms with van der Waals surface area (Å²) < 4.78 is 0. The minimum atomic E-state index is -0.670. The largest absolute Gasteiger partial charge is 0.867 e. The molecule has 0 unspecified atom stereocenters. The van der Waals surface area contributed by atoms with Crippen LogP contribution in [0.15, 0.2) is 41.4 Å². The van der Waals surface area contributed by atoms with Crippen molar-refractivity contribution in [2.75, 3.05) is 31.1 Å². The van der Waals surface area contributed by atoms with E-state index in [4.69, 9.17) is 0 Å². The standard InChI is InChI=1S/C22H26N4O4/c1-3-4-21(27)25-11-9-24(10-12-25)19-7-5-18(6-8-19)23-15-17-13-16(2)14-20(22(17)28)26(29)30/h5-8,13-15,28H,3-4,9-12H2,1-2H3/p-1. The summed E-state index contributed by atoms with van der Waals surface area (Å²) in [6.45, 7) is 6.72. The molecule has 0 spiro atoms. The third kappa shape index (κ3) is 4.94. The monoisotopic (exact) mass is 409 g/mol. The average molecular weight is 409 g/mol. The van der Waals surface area contributed by atoms with Crippen molar-refractivity contribution in [1.29, 1.82) is 0 Å². The summed E-state index contributed by atoms with van der Waals surface area (Å²) in [4.78, 5) is 30.8. The molecule has 1 fully saturated rings. The molecule has 2 aromatic rings. The van der Waals surface area contributed by atoms with Gasteiger partial charge < -0.3 is 14.9 Å². The van der Waals surface area contributed by atoms with E-state index in [-0.39, 0.29) is 11.5 Å². The Morgan fingerprint density at radius 1 is 1.17 bits per heavy atom. The molecule has 0 bridgehead atoms. The van der Waals surface area contributed by atoms with Gasteiger partial charge in [0.05, 0.1) is 10.6 Å². The maximum absolute atomic E-state index is 12.2. The zero-order chi connectivity index (χ0) is 21.7. The van der Waals surface area contributed by atoms with Crippen molar-refractivity contribution in [2.45, 2.75) is 26.7 Å². The molecule has 1 saturated heterocycles. The summed E-state index contributed by atoms with van der Waals surface area (Å²) in [5.74, 6) is -0.419. The van der Waals surface area contributed by atoms with Crippen LogP contribution < -0.4 is 10.0 Å². The molecule has 2 aromatic carbocycles. The first-order valence-electron chi connectivity index (χ1n) is 10.0. The summed E-state index contributed by atoms with van der Waals surface area (Å²) in [6, 6.07) is 10.4. The molecule has 1 aliphatic rings. The van der Waals surface area contributed by atoms with Gasteiger partial charge in [-0.1, -0.05) is 13.0 Å². The number of rotatable bonds is 6. The van der Waals surface area contributed by atoms with Crippen molar-refractivity contribution in [3.05, 3.63) is 57.6 Å². The van der Waals surface area contributed by atoms with Crippen molar-refractivity contribution in [3.8, 4) is 5.75 Å². The molecule has 0 aromatic heterocycles. The van der Waals surface area contributed by atoms with Crippen molar-refractivity contribution in [2.24, 2.45) is 4.99 Å². The number of aliphatic imine (C=N–C) groups is 1. The fraction of sp³-hybridized carbons (Fsp3) is 0.364. The molecule has 8 nitrogen and oxygen atoms in total. The van der Waals surface area contributed by atoms with E-state index in [0.29, 0.717) is 17.7 Å².